The van der Waals surface area contributed by atoms with E-state index in [4.69, 9.17) is 14.0 Å². The number of nitrogens with zero attached hydrogens (tertiary/aromatic N) is 2. The number of aromatic nitrogens is 1. The normalized spacial score (nSPS) is 23.0. The van der Waals surface area contributed by atoms with Crippen molar-refractivity contribution in [1.82, 2.24) is 4.98 Å². The van der Waals surface area contributed by atoms with Crippen molar-refractivity contribution in [1.29, 1.82) is 5.26 Å². The second-order valence-corrected chi connectivity index (χ2v) is 6.74. The maximum atomic E-state index is 9.35. The summed E-state index contributed by atoms with van der Waals surface area (Å²) in [5, 5.41) is 12.6. The van der Waals surface area contributed by atoms with Crippen LogP contribution in [0, 0.1) is 11.3 Å². The number of nitriles is 1. The van der Waals surface area contributed by atoms with Crippen molar-refractivity contribution in [2.24, 2.45) is 0 Å². The van der Waals surface area contributed by atoms with Crippen LogP contribution in [0.15, 0.2) is 12.3 Å². The van der Waals surface area contributed by atoms with Crippen molar-refractivity contribution in [2.45, 2.75) is 44.9 Å². The summed E-state index contributed by atoms with van der Waals surface area (Å²) in [4.78, 5) is 4.36. The molecule has 0 amide bonds. The summed E-state index contributed by atoms with van der Waals surface area (Å²) >= 11 is 0. The van der Waals surface area contributed by atoms with Crippen molar-refractivity contribution in [2.75, 3.05) is 18.5 Å². The van der Waals surface area contributed by atoms with Crippen molar-refractivity contribution in [3.8, 4) is 6.07 Å². The number of ether oxygens (including phenoxy) is 1. The molecule has 116 valence electrons. The molecule has 2 aliphatic heterocycles. The molecule has 7 heteroatoms. The molecule has 2 fully saturated rings. The molecule has 0 aliphatic carbocycles. The molecular weight excluding hydrogens is 281 g/mol. The van der Waals surface area contributed by atoms with E-state index >= 15 is 0 Å². The second kappa shape index (κ2) is 5.23. The van der Waals surface area contributed by atoms with Gasteiger partial charge in [-0.3, -0.25) is 0 Å². The summed E-state index contributed by atoms with van der Waals surface area (Å²) in [5.74, 6) is 0.580. The Bertz CT molecular complexity index is 607. The molecule has 0 bridgehead atoms. The molecule has 3 rings (SSSR count). The van der Waals surface area contributed by atoms with Crippen molar-refractivity contribution in [3.05, 3.63) is 17.8 Å². The predicted molar refractivity (Wildman–Crippen MR) is 82.9 cm³/mol. The Labute approximate surface area is 130 Å². The first-order valence-corrected chi connectivity index (χ1v) is 7.42. The molecule has 2 aliphatic rings. The third kappa shape index (κ3) is 2.58. The molecule has 0 radical (unpaired) electrons. The van der Waals surface area contributed by atoms with Crippen LogP contribution in [0.4, 0.5) is 5.82 Å². The van der Waals surface area contributed by atoms with E-state index in [-0.39, 0.29) is 6.04 Å². The maximum absolute atomic E-state index is 9.35. The lowest BCUT2D eigenvalue weighted by molar-refractivity contribution is 0.00578. The van der Waals surface area contributed by atoms with Gasteiger partial charge in [-0.05, 0) is 33.8 Å². The van der Waals surface area contributed by atoms with Crippen molar-refractivity contribution >= 4 is 18.4 Å². The Morgan fingerprint density at radius 3 is 2.41 bits per heavy atom. The topological polar surface area (TPSA) is 76.4 Å². The summed E-state index contributed by atoms with van der Waals surface area (Å²) in [6.45, 7) is 9.28. The molecule has 3 heterocycles. The number of pyridine rings is 1. The molecule has 6 nitrogen and oxygen atoms in total. The largest absolute Gasteiger partial charge is 0.496 e. The molecule has 0 saturated carbocycles. The van der Waals surface area contributed by atoms with Gasteiger partial charge in [-0.2, -0.15) is 5.26 Å². The molecule has 22 heavy (non-hydrogen) atoms. The molecule has 0 spiro atoms. The number of hydrogen-bond donors (Lipinski definition) is 1. The van der Waals surface area contributed by atoms with Gasteiger partial charge in [0.25, 0.3) is 0 Å². The smallest absolute Gasteiger partial charge is 0.399 e. The van der Waals surface area contributed by atoms with Crippen LogP contribution in [-0.2, 0) is 14.0 Å². The van der Waals surface area contributed by atoms with E-state index in [0.717, 1.165) is 5.46 Å². The fraction of sp³-hybridized carbons (Fsp3) is 0.600. The lowest BCUT2D eigenvalue weighted by Gasteiger charge is -2.32. The zero-order valence-corrected chi connectivity index (χ0v) is 13.3. The van der Waals surface area contributed by atoms with Gasteiger partial charge in [0.05, 0.1) is 36.0 Å². The highest BCUT2D eigenvalue weighted by Gasteiger charge is 2.51. The zero-order chi connectivity index (χ0) is 16.0. The van der Waals surface area contributed by atoms with E-state index in [1.807, 2.05) is 27.7 Å². The van der Waals surface area contributed by atoms with Gasteiger partial charge in [0.1, 0.15) is 11.9 Å². The van der Waals surface area contributed by atoms with E-state index in [1.165, 1.54) is 0 Å². The predicted octanol–water partition coefficient (Wildman–Crippen LogP) is 1.06. The van der Waals surface area contributed by atoms with Crippen LogP contribution >= 0.6 is 0 Å². The van der Waals surface area contributed by atoms with Gasteiger partial charge in [-0.25, -0.2) is 4.98 Å². The van der Waals surface area contributed by atoms with Gasteiger partial charge < -0.3 is 19.4 Å². The second-order valence-electron chi connectivity index (χ2n) is 6.74. The molecule has 0 aromatic carbocycles. The fourth-order valence-corrected chi connectivity index (χ4v) is 2.30. The van der Waals surface area contributed by atoms with Gasteiger partial charge >= 0.3 is 7.12 Å². The monoisotopic (exact) mass is 301 g/mol. The summed E-state index contributed by atoms with van der Waals surface area (Å²) in [7, 11) is -0.509. The van der Waals surface area contributed by atoms with Crippen LogP contribution in [0.1, 0.15) is 33.3 Å². The number of hydrogen-bond acceptors (Lipinski definition) is 6. The fourth-order valence-electron chi connectivity index (χ4n) is 2.30. The quantitative estimate of drug-likeness (QED) is 0.841. The first kappa shape index (κ1) is 15.3. The Morgan fingerprint density at radius 1 is 1.27 bits per heavy atom. The van der Waals surface area contributed by atoms with Crippen molar-refractivity contribution in [3.63, 3.8) is 0 Å². The third-order valence-corrected chi connectivity index (χ3v) is 4.53. The highest BCUT2D eigenvalue weighted by molar-refractivity contribution is 6.62. The molecular formula is C15H20BN3O3. The van der Waals surface area contributed by atoms with Crippen LogP contribution in [0.2, 0.25) is 0 Å². The summed E-state index contributed by atoms with van der Waals surface area (Å²) in [6, 6.07) is 4.18. The SMILES string of the molecule is CC1(C)OB(c2cnc(NC3COC3)c(C#N)c2)OC1(C)C. The number of anilines is 1. The minimum absolute atomic E-state index is 0.224. The summed E-state index contributed by atoms with van der Waals surface area (Å²) in [6.07, 6.45) is 1.70. The minimum Gasteiger partial charge on any atom is -0.399 e. The molecule has 0 unspecified atom stereocenters. The standard InChI is InChI=1S/C15H20BN3O3/c1-14(2)15(3,4)22-16(21-14)11-5-10(6-17)13(18-7-11)19-12-8-20-9-12/h5,7,12H,8-9H2,1-4H3,(H,18,19). The van der Waals surface area contributed by atoms with Crippen molar-refractivity contribution < 1.29 is 14.0 Å². The first-order chi connectivity index (χ1) is 10.3. The molecule has 1 aromatic heterocycles. The maximum Gasteiger partial charge on any atom is 0.496 e. The van der Waals surface area contributed by atoms with E-state index in [9.17, 15) is 5.26 Å². The minimum atomic E-state index is -0.509. The Hall–Kier alpha value is -1.62. The molecule has 1 aromatic rings. The Morgan fingerprint density at radius 2 is 1.91 bits per heavy atom. The summed E-state index contributed by atoms with van der Waals surface area (Å²) < 4.78 is 17.1. The van der Waals surface area contributed by atoms with E-state index in [0.29, 0.717) is 24.6 Å². The van der Waals surface area contributed by atoms with Crippen LogP contribution in [-0.4, -0.2) is 42.6 Å². The van der Waals surface area contributed by atoms with E-state index < -0.39 is 18.3 Å². The Kier molecular flexibility index (Phi) is 3.64. The lowest BCUT2D eigenvalue weighted by Crippen LogP contribution is -2.41. The van der Waals surface area contributed by atoms with E-state index in [1.54, 1.807) is 12.3 Å². The van der Waals surface area contributed by atoms with Crippen LogP contribution in [0.3, 0.4) is 0 Å². The van der Waals surface area contributed by atoms with Gasteiger partial charge in [0.15, 0.2) is 0 Å². The van der Waals surface area contributed by atoms with Gasteiger partial charge in [0.2, 0.25) is 0 Å². The average molecular weight is 301 g/mol. The van der Waals surface area contributed by atoms with E-state index in [2.05, 4.69) is 16.4 Å². The Balaban J connectivity index is 1.82. The van der Waals surface area contributed by atoms with Crippen LogP contribution in [0.25, 0.3) is 0 Å². The van der Waals surface area contributed by atoms with Crippen LogP contribution in [0.5, 0.6) is 0 Å². The van der Waals surface area contributed by atoms with Gasteiger partial charge in [0, 0.05) is 11.7 Å². The molecule has 0 atom stereocenters. The highest BCUT2D eigenvalue weighted by Crippen LogP contribution is 2.36. The van der Waals surface area contributed by atoms with Gasteiger partial charge in [-0.15, -0.1) is 0 Å². The third-order valence-electron chi connectivity index (χ3n) is 4.53. The molecule has 2 saturated heterocycles. The first-order valence-electron chi connectivity index (χ1n) is 7.42. The number of rotatable bonds is 3. The highest BCUT2D eigenvalue weighted by atomic mass is 16.7. The lowest BCUT2D eigenvalue weighted by atomic mass is 9.79. The number of nitrogens with one attached hydrogen (secondary N) is 1. The average Bonchev–Trinajstić information content (AvgIpc) is 2.63. The molecule has 1 N–H and O–H groups in total. The summed E-state index contributed by atoms with van der Waals surface area (Å²) in [5.41, 5.74) is 0.416. The van der Waals surface area contributed by atoms with Gasteiger partial charge in [-0.1, -0.05) is 0 Å². The zero-order valence-electron chi connectivity index (χ0n) is 13.3. The van der Waals surface area contributed by atoms with Crippen LogP contribution < -0.4 is 10.8 Å².